The monoisotopic (exact) mass is 331 g/mol. The van der Waals surface area contributed by atoms with Crippen LogP contribution in [0.5, 0.6) is 0 Å². The number of rotatable bonds is 7. The molecule has 1 unspecified atom stereocenters. The van der Waals surface area contributed by atoms with E-state index in [9.17, 15) is 13.2 Å². The molecule has 0 aromatic heterocycles. The van der Waals surface area contributed by atoms with Crippen molar-refractivity contribution >= 4 is 15.9 Å². The predicted molar refractivity (Wildman–Crippen MR) is 87.1 cm³/mol. The van der Waals surface area contributed by atoms with Gasteiger partial charge in [0.05, 0.1) is 11.7 Å². The summed E-state index contributed by atoms with van der Waals surface area (Å²) in [5.74, 6) is -0.0729. The molecule has 22 heavy (non-hydrogen) atoms. The number of amides is 1. The maximum absolute atomic E-state index is 12.2. The number of carbonyl (C=O) groups excluding carboxylic acids is 1. The van der Waals surface area contributed by atoms with E-state index in [-0.39, 0.29) is 17.6 Å². The Bertz CT molecular complexity index is 461. The lowest BCUT2D eigenvalue weighted by molar-refractivity contribution is -0.126. The van der Waals surface area contributed by atoms with Crippen molar-refractivity contribution in [3.8, 4) is 0 Å². The third kappa shape index (κ3) is 4.93. The van der Waals surface area contributed by atoms with Crippen LogP contribution in [0.2, 0.25) is 0 Å². The van der Waals surface area contributed by atoms with E-state index in [4.69, 9.17) is 0 Å². The fourth-order valence-electron chi connectivity index (χ4n) is 3.26. The van der Waals surface area contributed by atoms with Crippen LogP contribution >= 0.6 is 0 Å². The minimum atomic E-state index is -3.18. The van der Waals surface area contributed by atoms with Gasteiger partial charge in [-0.1, -0.05) is 0 Å². The minimum Gasteiger partial charge on any atom is -0.356 e. The van der Waals surface area contributed by atoms with Gasteiger partial charge < -0.3 is 10.2 Å². The molecule has 2 rings (SSSR count). The number of nitrogens with zero attached hydrogens (tertiary/aromatic N) is 2. The standard InChI is InChI=1S/C15H29N3O3S/c1-2-22(20,21)18-12-5-7-14(13-18)15(19)16-8-6-11-17-9-3-4-10-17/h14H,2-13H2,1H3,(H,16,19). The summed E-state index contributed by atoms with van der Waals surface area (Å²) in [6.45, 7) is 6.63. The highest BCUT2D eigenvalue weighted by molar-refractivity contribution is 7.89. The molecule has 1 amide bonds. The Labute approximate surface area is 134 Å². The highest BCUT2D eigenvalue weighted by Gasteiger charge is 2.31. The van der Waals surface area contributed by atoms with Crippen molar-refractivity contribution < 1.29 is 13.2 Å². The highest BCUT2D eigenvalue weighted by Crippen LogP contribution is 2.19. The Hall–Kier alpha value is -0.660. The fourth-order valence-corrected chi connectivity index (χ4v) is 4.44. The average Bonchev–Trinajstić information content (AvgIpc) is 3.05. The van der Waals surface area contributed by atoms with Crippen LogP contribution in [-0.4, -0.2) is 68.6 Å². The second-order valence-corrected chi connectivity index (χ2v) is 8.55. The van der Waals surface area contributed by atoms with Crippen LogP contribution < -0.4 is 5.32 Å². The van der Waals surface area contributed by atoms with Crippen molar-refractivity contribution in [1.82, 2.24) is 14.5 Å². The van der Waals surface area contributed by atoms with Crippen LogP contribution in [0, 0.1) is 5.92 Å². The molecule has 2 aliphatic heterocycles. The van der Waals surface area contributed by atoms with Crippen LogP contribution in [0.15, 0.2) is 0 Å². The van der Waals surface area contributed by atoms with Gasteiger partial charge in [0.15, 0.2) is 0 Å². The molecule has 128 valence electrons. The SMILES string of the molecule is CCS(=O)(=O)N1CCCC(C(=O)NCCCN2CCCC2)C1. The van der Waals surface area contributed by atoms with Gasteiger partial charge in [0, 0.05) is 19.6 Å². The van der Waals surface area contributed by atoms with Crippen LogP contribution in [0.1, 0.15) is 39.0 Å². The van der Waals surface area contributed by atoms with E-state index in [1.807, 2.05) is 0 Å². The lowest BCUT2D eigenvalue weighted by atomic mass is 9.99. The Balaban J connectivity index is 1.70. The lowest BCUT2D eigenvalue weighted by Gasteiger charge is -2.31. The zero-order chi connectivity index (χ0) is 16.0. The maximum atomic E-state index is 12.2. The molecule has 0 aromatic carbocycles. The Morgan fingerprint density at radius 2 is 1.91 bits per heavy atom. The Morgan fingerprint density at radius 3 is 2.59 bits per heavy atom. The molecule has 2 saturated heterocycles. The van der Waals surface area contributed by atoms with Crippen LogP contribution in [-0.2, 0) is 14.8 Å². The normalized spacial score (nSPS) is 24.5. The van der Waals surface area contributed by atoms with Crippen molar-refractivity contribution in [2.75, 3.05) is 45.0 Å². The van der Waals surface area contributed by atoms with Gasteiger partial charge >= 0.3 is 0 Å². The van der Waals surface area contributed by atoms with Crippen molar-refractivity contribution in [3.63, 3.8) is 0 Å². The summed E-state index contributed by atoms with van der Waals surface area (Å²) < 4.78 is 25.3. The van der Waals surface area contributed by atoms with E-state index in [1.54, 1.807) is 6.92 Å². The second-order valence-electron chi connectivity index (χ2n) is 6.29. The first-order valence-corrected chi connectivity index (χ1v) is 10.1. The van der Waals surface area contributed by atoms with E-state index >= 15 is 0 Å². The molecule has 0 aliphatic carbocycles. The Morgan fingerprint density at radius 1 is 1.18 bits per heavy atom. The van der Waals surface area contributed by atoms with Gasteiger partial charge in [-0.2, -0.15) is 0 Å². The summed E-state index contributed by atoms with van der Waals surface area (Å²) >= 11 is 0. The van der Waals surface area contributed by atoms with Crippen LogP contribution in [0.3, 0.4) is 0 Å². The van der Waals surface area contributed by atoms with Gasteiger partial charge in [0.1, 0.15) is 0 Å². The summed E-state index contributed by atoms with van der Waals surface area (Å²) in [6.07, 6.45) is 5.10. The first kappa shape index (κ1) is 17.7. The molecule has 2 fully saturated rings. The lowest BCUT2D eigenvalue weighted by Crippen LogP contribution is -2.46. The first-order valence-electron chi connectivity index (χ1n) is 8.51. The maximum Gasteiger partial charge on any atom is 0.224 e. The number of carbonyl (C=O) groups is 1. The van der Waals surface area contributed by atoms with Crippen LogP contribution in [0.4, 0.5) is 0 Å². The smallest absolute Gasteiger partial charge is 0.224 e. The number of nitrogens with one attached hydrogen (secondary N) is 1. The summed E-state index contributed by atoms with van der Waals surface area (Å²) in [4.78, 5) is 14.6. The first-order chi connectivity index (χ1) is 10.5. The van der Waals surface area contributed by atoms with Crippen molar-refractivity contribution in [2.45, 2.75) is 39.0 Å². The minimum absolute atomic E-state index is 0.0115. The molecule has 0 bridgehead atoms. The fraction of sp³-hybridized carbons (Fsp3) is 0.933. The molecule has 6 nitrogen and oxygen atoms in total. The molecule has 2 aliphatic rings. The number of sulfonamides is 1. The number of likely N-dealkylation sites (tertiary alicyclic amines) is 1. The number of hydrogen-bond donors (Lipinski definition) is 1. The molecule has 0 saturated carbocycles. The molecular weight excluding hydrogens is 302 g/mol. The van der Waals surface area contributed by atoms with Gasteiger partial charge in [0.25, 0.3) is 0 Å². The van der Waals surface area contributed by atoms with Gasteiger partial charge in [0.2, 0.25) is 15.9 Å². The van der Waals surface area contributed by atoms with E-state index in [0.717, 1.165) is 25.8 Å². The van der Waals surface area contributed by atoms with E-state index < -0.39 is 10.0 Å². The summed E-state index contributed by atoms with van der Waals surface area (Å²) in [5.41, 5.74) is 0. The molecular formula is C15H29N3O3S. The largest absolute Gasteiger partial charge is 0.356 e. The van der Waals surface area contributed by atoms with Crippen molar-refractivity contribution in [1.29, 1.82) is 0 Å². The van der Waals surface area contributed by atoms with E-state index in [2.05, 4.69) is 10.2 Å². The molecule has 1 atom stereocenters. The summed E-state index contributed by atoms with van der Waals surface area (Å²) in [7, 11) is -3.18. The molecule has 2 heterocycles. The summed E-state index contributed by atoms with van der Waals surface area (Å²) in [5, 5.41) is 2.98. The van der Waals surface area contributed by atoms with E-state index in [0.29, 0.717) is 19.6 Å². The predicted octanol–water partition coefficient (Wildman–Crippen LogP) is 0.650. The van der Waals surface area contributed by atoms with Gasteiger partial charge in [-0.3, -0.25) is 4.79 Å². The van der Waals surface area contributed by atoms with Gasteiger partial charge in [-0.05, 0) is 58.7 Å². The van der Waals surface area contributed by atoms with Gasteiger partial charge in [-0.25, -0.2) is 12.7 Å². The average molecular weight is 331 g/mol. The quantitative estimate of drug-likeness (QED) is 0.696. The number of hydrogen-bond acceptors (Lipinski definition) is 4. The van der Waals surface area contributed by atoms with Crippen molar-refractivity contribution in [2.24, 2.45) is 5.92 Å². The number of piperidine rings is 1. The second kappa shape index (κ2) is 8.26. The zero-order valence-corrected chi connectivity index (χ0v) is 14.4. The van der Waals surface area contributed by atoms with E-state index in [1.165, 1.54) is 30.2 Å². The third-order valence-electron chi connectivity index (χ3n) is 4.66. The topological polar surface area (TPSA) is 69.7 Å². The molecule has 0 aromatic rings. The summed E-state index contributed by atoms with van der Waals surface area (Å²) in [6, 6.07) is 0. The van der Waals surface area contributed by atoms with Crippen LogP contribution in [0.25, 0.3) is 0 Å². The molecule has 7 heteroatoms. The molecule has 0 spiro atoms. The van der Waals surface area contributed by atoms with Gasteiger partial charge in [-0.15, -0.1) is 0 Å². The molecule has 1 N–H and O–H groups in total. The highest BCUT2D eigenvalue weighted by atomic mass is 32.2. The zero-order valence-electron chi connectivity index (χ0n) is 13.6. The molecule has 0 radical (unpaired) electrons. The Kier molecular flexibility index (Phi) is 6.65. The third-order valence-corrected chi connectivity index (χ3v) is 6.51. The van der Waals surface area contributed by atoms with Crippen molar-refractivity contribution in [3.05, 3.63) is 0 Å².